The fraction of sp³-hybridized carbons (Fsp3) is 0.222. The number of hydrogen-bond donors (Lipinski definition) is 0. The highest BCUT2D eigenvalue weighted by Gasteiger charge is 2.43. The Morgan fingerprint density at radius 3 is 2.70 bits per heavy atom. The van der Waals surface area contributed by atoms with Gasteiger partial charge in [0.05, 0.1) is 18.5 Å². The normalized spacial score (nSPS) is 18.7. The zero-order valence-corrected chi connectivity index (χ0v) is 14.1. The summed E-state index contributed by atoms with van der Waals surface area (Å²) >= 11 is 0. The van der Waals surface area contributed by atoms with Crippen LogP contribution in [0.5, 0.6) is 11.5 Å². The van der Waals surface area contributed by atoms with Gasteiger partial charge in [0.2, 0.25) is 5.75 Å². The summed E-state index contributed by atoms with van der Waals surface area (Å²) < 4.78 is 28.9. The molecule has 27 heavy (non-hydrogen) atoms. The van der Waals surface area contributed by atoms with E-state index in [-0.39, 0.29) is 6.42 Å². The van der Waals surface area contributed by atoms with Crippen molar-refractivity contribution in [1.82, 2.24) is 0 Å². The van der Waals surface area contributed by atoms with E-state index in [1.165, 1.54) is 7.11 Å². The Labute approximate surface area is 152 Å². The molecular weight excluding hydrogens is 361 g/mol. The van der Waals surface area contributed by atoms with Crippen molar-refractivity contribution in [2.45, 2.75) is 12.5 Å². The third-order valence-corrected chi connectivity index (χ3v) is 4.09. The largest absolute Gasteiger partial charge is 0.496 e. The molecule has 9 heteroatoms. The number of carbonyl (C=O) groups is 2. The summed E-state index contributed by atoms with van der Waals surface area (Å²) in [7, 11) is 1.43. The molecule has 140 valence electrons. The van der Waals surface area contributed by atoms with Crippen LogP contribution in [0.1, 0.15) is 18.1 Å². The molecule has 1 aliphatic heterocycles. The highest BCUT2D eigenvalue weighted by atomic mass is 19.1. The molecule has 1 fully saturated rings. The standard InChI is InChI=1S/C18H14FNO7/c1-25-14-5-3-2-4-11(14)17-12(9-16(21)27-17)18(22)26-15-8-10(19)6-7-13(15)20(23)24/h2-8,12,17H,9H2,1H3/t12-,17+/m0/s1. The Morgan fingerprint density at radius 2 is 2.00 bits per heavy atom. The minimum absolute atomic E-state index is 0.273. The van der Waals surface area contributed by atoms with Crippen LogP contribution in [-0.2, 0) is 14.3 Å². The lowest BCUT2D eigenvalue weighted by atomic mass is 9.94. The van der Waals surface area contributed by atoms with Crippen molar-refractivity contribution in [3.05, 3.63) is 64.0 Å². The van der Waals surface area contributed by atoms with Crippen LogP contribution in [-0.4, -0.2) is 24.0 Å². The number of rotatable bonds is 5. The van der Waals surface area contributed by atoms with Crippen molar-refractivity contribution >= 4 is 17.6 Å². The molecule has 0 spiro atoms. The van der Waals surface area contributed by atoms with Crippen LogP contribution in [0.15, 0.2) is 42.5 Å². The average Bonchev–Trinajstić information content (AvgIpc) is 3.03. The van der Waals surface area contributed by atoms with Gasteiger partial charge in [-0.05, 0) is 12.1 Å². The van der Waals surface area contributed by atoms with Gasteiger partial charge in [0.15, 0.2) is 0 Å². The van der Waals surface area contributed by atoms with Crippen LogP contribution in [0.4, 0.5) is 10.1 Å². The van der Waals surface area contributed by atoms with Gasteiger partial charge < -0.3 is 14.2 Å². The zero-order chi connectivity index (χ0) is 19.6. The summed E-state index contributed by atoms with van der Waals surface area (Å²) in [6, 6.07) is 9.19. The van der Waals surface area contributed by atoms with Gasteiger partial charge in [0.1, 0.15) is 23.6 Å². The Balaban J connectivity index is 1.91. The highest BCUT2D eigenvalue weighted by Crippen LogP contribution is 2.41. The number of ether oxygens (including phenoxy) is 3. The Hall–Kier alpha value is -3.49. The van der Waals surface area contributed by atoms with Crippen LogP contribution in [0.3, 0.4) is 0 Å². The van der Waals surface area contributed by atoms with Crippen molar-refractivity contribution in [2.24, 2.45) is 5.92 Å². The van der Waals surface area contributed by atoms with Crippen molar-refractivity contribution < 1.29 is 33.1 Å². The maximum Gasteiger partial charge on any atom is 0.319 e. The first-order valence-corrected chi connectivity index (χ1v) is 7.88. The molecule has 0 saturated carbocycles. The molecule has 1 saturated heterocycles. The molecule has 1 aliphatic rings. The summed E-state index contributed by atoms with van der Waals surface area (Å²) in [6.45, 7) is 0. The number of nitro benzene ring substituents is 1. The molecule has 1 heterocycles. The number of nitro groups is 1. The van der Waals surface area contributed by atoms with Crippen molar-refractivity contribution in [1.29, 1.82) is 0 Å². The second-order valence-corrected chi connectivity index (χ2v) is 5.75. The molecule has 2 aromatic rings. The number of esters is 2. The number of hydrogen-bond acceptors (Lipinski definition) is 7. The first-order chi connectivity index (χ1) is 12.9. The summed E-state index contributed by atoms with van der Waals surface area (Å²) in [5.41, 5.74) is -0.106. The van der Waals surface area contributed by atoms with Gasteiger partial charge in [-0.15, -0.1) is 0 Å². The van der Waals surface area contributed by atoms with Gasteiger partial charge >= 0.3 is 17.6 Å². The first-order valence-electron chi connectivity index (χ1n) is 7.88. The maximum atomic E-state index is 13.4. The molecule has 8 nitrogen and oxygen atoms in total. The Kier molecular flexibility index (Phi) is 5.02. The summed E-state index contributed by atoms with van der Waals surface area (Å²) in [4.78, 5) is 34.6. The van der Waals surface area contributed by atoms with Crippen LogP contribution in [0, 0.1) is 21.8 Å². The number of nitrogens with zero attached hydrogens (tertiary/aromatic N) is 1. The topological polar surface area (TPSA) is 105 Å². The van der Waals surface area contributed by atoms with Crippen molar-refractivity contribution in [2.75, 3.05) is 7.11 Å². The predicted molar refractivity (Wildman–Crippen MR) is 88.6 cm³/mol. The fourth-order valence-corrected chi connectivity index (χ4v) is 2.85. The molecular formula is C18H14FNO7. The van der Waals surface area contributed by atoms with E-state index in [1.807, 2.05) is 0 Å². The number of methoxy groups -OCH3 is 1. The van der Waals surface area contributed by atoms with E-state index in [1.54, 1.807) is 24.3 Å². The lowest BCUT2D eigenvalue weighted by molar-refractivity contribution is -0.385. The lowest BCUT2D eigenvalue weighted by Gasteiger charge is -2.19. The zero-order valence-electron chi connectivity index (χ0n) is 14.1. The third-order valence-electron chi connectivity index (χ3n) is 4.09. The molecule has 0 bridgehead atoms. The summed E-state index contributed by atoms with van der Waals surface area (Å²) in [6.07, 6.45) is -1.25. The van der Waals surface area contributed by atoms with Gasteiger partial charge in [-0.3, -0.25) is 19.7 Å². The number of para-hydroxylation sites is 1. The molecule has 0 aliphatic carbocycles. The first kappa shape index (κ1) is 18.3. The molecule has 2 atom stereocenters. The number of benzene rings is 2. The van der Waals surface area contributed by atoms with E-state index in [9.17, 15) is 24.1 Å². The average molecular weight is 375 g/mol. The van der Waals surface area contributed by atoms with E-state index >= 15 is 0 Å². The van der Waals surface area contributed by atoms with Crippen LogP contribution >= 0.6 is 0 Å². The van der Waals surface area contributed by atoms with E-state index in [0.29, 0.717) is 11.3 Å². The molecule has 0 radical (unpaired) electrons. The Morgan fingerprint density at radius 1 is 1.26 bits per heavy atom. The van der Waals surface area contributed by atoms with Crippen LogP contribution in [0.2, 0.25) is 0 Å². The Bertz CT molecular complexity index is 914. The molecule has 3 rings (SSSR count). The number of carbonyl (C=O) groups excluding carboxylic acids is 2. The number of halogens is 1. The van der Waals surface area contributed by atoms with Crippen molar-refractivity contribution in [3.63, 3.8) is 0 Å². The van der Waals surface area contributed by atoms with Gasteiger partial charge in [-0.25, -0.2) is 4.39 Å². The quantitative estimate of drug-likeness (QED) is 0.342. The van der Waals surface area contributed by atoms with Crippen LogP contribution in [0.25, 0.3) is 0 Å². The van der Waals surface area contributed by atoms with Crippen LogP contribution < -0.4 is 9.47 Å². The highest BCUT2D eigenvalue weighted by molar-refractivity contribution is 5.85. The molecule has 0 amide bonds. The minimum Gasteiger partial charge on any atom is -0.496 e. The fourth-order valence-electron chi connectivity index (χ4n) is 2.85. The second kappa shape index (κ2) is 7.40. The predicted octanol–water partition coefficient (Wildman–Crippen LogP) is 2.95. The van der Waals surface area contributed by atoms with E-state index in [2.05, 4.69) is 0 Å². The van der Waals surface area contributed by atoms with Gasteiger partial charge in [0, 0.05) is 17.7 Å². The maximum absolute atomic E-state index is 13.4. The van der Waals surface area contributed by atoms with Gasteiger partial charge in [-0.2, -0.15) is 0 Å². The van der Waals surface area contributed by atoms with Crippen molar-refractivity contribution in [3.8, 4) is 11.5 Å². The molecule has 0 N–H and O–H groups in total. The molecule has 0 aromatic heterocycles. The SMILES string of the molecule is COc1ccccc1[C@H]1OC(=O)C[C@@H]1C(=O)Oc1cc(F)ccc1[N+](=O)[O-]. The summed E-state index contributed by atoms with van der Waals surface area (Å²) in [5, 5.41) is 11.1. The van der Waals surface area contributed by atoms with E-state index in [0.717, 1.165) is 18.2 Å². The minimum atomic E-state index is -1.06. The third kappa shape index (κ3) is 3.71. The smallest absolute Gasteiger partial charge is 0.319 e. The number of cyclic esters (lactones) is 1. The second-order valence-electron chi connectivity index (χ2n) is 5.75. The molecule has 2 aromatic carbocycles. The van der Waals surface area contributed by atoms with E-state index in [4.69, 9.17) is 14.2 Å². The van der Waals surface area contributed by atoms with E-state index < -0.39 is 46.1 Å². The van der Waals surface area contributed by atoms with Gasteiger partial charge in [-0.1, -0.05) is 18.2 Å². The monoisotopic (exact) mass is 375 g/mol. The van der Waals surface area contributed by atoms with Gasteiger partial charge in [0.25, 0.3) is 0 Å². The molecule has 0 unspecified atom stereocenters. The summed E-state index contributed by atoms with van der Waals surface area (Å²) in [5.74, 6) is -3.55. The lowest BCUT2D eigenvalue weighted by Crippen LogP contribution is -2.24.